The lowest BCUT2D eigenvalue weighted by molar-refractivity contribution is -0.180. The summed E-state index contributed by atoms with van der Waals surface area (Å²) in [5.74, 6) is -1.31. The lowest BCUT2D eigenvalue weighted by Crippen LogP contribution is -2.50. The number of hydrogen-bond acceptors (Lipinski definition) is 11. The molecule has 0 atom stereocenters. The third kappa shape index (κ3) is 7.40. The topological polar surface area (TPSA) is 130 Å². The van der Waals surface area contributed by atoms with Crippen LogP contribution < -0.4 is 0 Å². The number of hydrogen-bond donors (Lipinski definition) is 0. The molecule has 1 aromatic heterocycles. The van der Waals surface area contributed by atoms with Crippen molar-refractivity contribution < 1.29 is 42.2 Å². The summed E-state index contributed by atoms with van der Waals surface area (Å²) in [7, 11) is 1.22. The minimum absolute atomic E-state index is 0.172. The number of methoxy groups -OCH3 is 1. The number of rotatable bonds is 10. The van der Waals surface area contributed by atoms with Crippen molar-refractivity contribution in [3.05, 3.63) is 84.2 Å². The Morgan fingerprint density at radius 3 is 2.26 bits per heavy atom. The number of carbonyl (C=O) groups is 3. The highest BCUT2D eigenvalue weighted by molar-refractivity contribution is 6.00. The van der Waals surface area contributed by atoms with Gasteiger partial charge in [-0.2, -0.15) is 4.98 Å². The zero-order valence-corrected chi connectivity index (χ0v) is 25.7. The predicted octanol–water partition coefficient (Wildman–Crippen LogP) is 6.03. The number of piperidine rings is 1. The normalized spacial score (nSPS) is 14.5. The molecule has 0 N–H and O–H groups in total. The molecule has 1 saturated heterocycles. The van der Waals surface area contributed by atoms with E-state index in [4.69, 9.17) is 23.5 Å². The molecule has 0 saturated carbocycles. The predicted molar refractivity (Wildman–Crippen MR) is 163 cm³/mol. The summed E-state index contributed by atoms with van der Waals surface area (Å²) in [5, 5.41) is 4.08. The highest BCUT2D eigenvalue weighted by Crippen LogP contribution is 2.35. The molecule has 0 unspecified atom stereocenters. The Kier molecular flexibility index (Phi) is 10.1. The first-order valence-electron chi connectivity index (χ1n) is 14.8. The van der Waals surface area contributed by atoms with Crippen LogP contribution in [0.5, 0.6) is 0 Å². The molecule has 4 aromatic rings. The molecule has 240 valence electrons. The van der Waals surface area contributed by atoms with Gasteiger partial charge in [0.05, 0.1) is 13.2 Å². The summed E-state index contributed by atoms with van der Waals surface area (Å²) in [5.41, 5.74) is 1.97. The van der Waals surface area contributed by atoms with Gasteiger partial charge >= 0.3 is 18.1 Å². The van der Waals surface area contributed by atoms with Gasteiger partial charge in [0.1, 0.15) is 5.82 Å². The molecule has 0 aliphatic carbocycles. The lowest BCUT2D eigenvalue weighted by atomic mass is 9.78. The van der Waals surface area contributed by atoms with E-state index in [1.54, 1.807) is 26.0 Å². The maximum absolute atomic E-state index is 14.9. The van der Waals surface area contributed by atoms with Gasteiger partial charge in [0, 0.05) is 36.3 Å². The molecule has 12 heteroatoms. The molecule has 0 bridgehead atoms. The first-order chi connectivity index (χ1) is 22.2. The molecule has 0 radical (unpaired) electrons. The summed E-state index contributed by atoms with van der Waals surface area (Å²) in [6.07, 6.45) is -1.02. The van der Waals surface area contributed by atoms with Crippen molar-refractivity contribution in [2.24, 2.45) is 5.41 Å². The third-order valence-corrected chi connectivity index (χ3v) is 7.72. The largest absolute Gasteiger partial charge is 0.511 e. The van der Waals surface area contributed by atoms with E-state index in [2.05, 4.69) is 15.0 Å². The van der Waals surface area contributed by atoms with Crippen LogP contribution in [0.2, 0.25) is 0 Å². The maximum Gasteiger partial charge on any atom is 0.511 e. The van der Waals surface area contributed by atoms with Crippen LogP contribution in [-0.2, 0) is 35.1 Å². The minimum Gasteiger partial charge on any atom is -0.468 e. The van der Waals surface area contributed by atoms with Gasteiger partial charge in [-0.25, -0.2) is 9.18 Å². The molecule has 0 spiro atoms. The Labute approximate surface area is 265 Å². The molecular weight excluding hydrogens is 597 g/mol. The van der Waals surface area contributed by atoms with Crippen molar-refractivity contribution in [1.82, 2.24) is 15.0 Å². The van der Waals surface area contributed by atoms with E-state index in [1.807, 2.05) is 54.6 Å². The van der Waals surface area contributed by atoms with Crippen molar-refractivity contribution in [2.75, 3.05) is 27.0 Å². The van der Waals surface area contributed by atoms with Crippen molar-refractivity contribution in [3.63, 3.8) is 0 Å². The molecule has 5 rings (SSSR count). The fourth-order valence-corrected chi connectivity index (χ4v) is 5.25. The first kappa shape index (κ1) is 32.3. The van der Waals surface area contributed by atoms with Crippen LogP contribution in [-0.4, -0.2) is 66.2 Å². The number of nitrogens with zero attached hydrogens (tertiary/aromatic N) is 3. The number of ether oxygens (including phenoxy) is 4. The van der Waals surface area contributed by atoms with Gasteiger partial charge in [-0.1, -0.05) is 65.8 Å². The second-order valence-electron chi connectivity index (χ2n) is 11.1. The third-order valence-electron chi connectivity index (χ3n) is 7.72. The Morgan fingerprint density at radius 2 is 1.61 bits per heavy atom. The molecule has 1 aliphatic rings. The van der Waals surface area contributed by atoms with E-state index < -0.39 is 36.4 Å². The minimum atomic E-state index is -1.50. The van der Waals surface area contributed by atoms with E-state index in [1.165, 1.54) is 13.2 Å². The Bertz CT molecular complexity index is 1670. The van der Waals surface area contributed by atoms with Gasteiger partial charge in [-0.15, -0.1) is 0 Å². The molecule has 1 aliphatic heterocycles. The number of likely N-dealkylation sites (tertiary alicyclic amines) is 1. The maximum atomic E-state index is 14.9. The van der Waals surface area contributed by atoms with E-state index in [-0.39, 0.29) is 24.5 Å². The molecule has 1 fully saturated rings. The van der Waals surface area contributed by atoms with Crippen LogP contribution >= 0.6 is 0 Å². The smallest absolute Gasteiger partial charge is 0.468 e. The Morgan fingerprint density at radius 1 is 0.913 bits per heavy atom. The van der Waals surface area contributed by atoms with Gasteiger partial charge in [0.2, 0.25) is 12.6 Å². The molecule has 2 heterocycles. The van der Waals surface area contributed by atoms with E-state index in [0.717, 1.165) is 16.7 Å². The van der Waals surface area contributed by atoms with Crippen LogP contribution in [0.4, 0.5) is 9.18 Å². The summed E-state index contributed by atoms with van der Waals surface area (Å²) in [4.78, 5) is 43.8. The quantitative estimate of drug-likeness (QED) is 0.0880. The van der Waals surface area contributed by atoms with Crippen molar-refractivity contribution in [3.8, 4) is 34.0 Å². The summed E-state index contributed by atoms with van der Waals surface area (Å²) >= 11 is 0. The van der Waals surface area contributed by atoms with Crippen LogP contribution in [0.1, 0.15) is 32.3 Å². The number of esters is 2. The SMILES string of the molecule is COC(=O)C1(C(=O)OCOC(=O)OC(C)C)CCN(Cc2ccc(-c3noc(-c4ccc(-c5ccccc5)c(F)c4)n3)cc2)CC1. The fraction of sp³-hybridized carbons (Fsp3) is 0.324. The van der Waals surface area contributed by atoms with Gasteiger partial charge in [0.15, 0.2) is 5.41 Å². The fourth-order valence-electron chi connectivity index (χ4n) is 5.25. The van der Waals surface area contributed by atoms with Crippen LogP contribution in [0.15, 0.2) is 77.3 Å². The average Bonchev–Trinajstić information content (AvgIpc) is 3.56. The van der Waals surface area contributed by atoms with E-state index in [9.17, 15) is 18.8 Å². The average molecular weight is 632 g/mol. The summed E-state index contributed by atoms with van der Waals surface area (Å²) < 4.78 is 40.0. The van der Waals surface area contributed by atoms with Gasteiger partial charge in [0.25, 0.3) is 5.89 Å². The number of carbonyl (C=O) groups excluding carboxylic acids is 3. The number of halogens is 1. The van der Waals surface area contributed by atoms with Crippen molar-refractivity contribution in [2.45, 2.75) is 39.3 Å². The van der Waals surface area contributed by atoms with Crippen molar-refractivity contribution >= 4 is 18.1 Å². The van der Waals surface area contributed by atoms with Crippen molar-refractivity contribution in [1.29, 1.82) is 0 Å². The molecule has 0 amide bonds. The summed E-state index contributed by atoms with van der Waals surface area (Å²) in [6.45, 7) is 4.07. The standard InChI is InChI=1S/C34H34FN3O8/c1-22(2)45-33(41)44-21-43-32(40)34(31(39)42-3)15-17-38(18-16-34)20-23-9-11-25(12-10-23)29-36-30(46-37-29)26-13-14-27(28(35)19-26)24-7-5-4-6-8-24/h4-14,19,22H,15-18,20-21H2,1-3H3. The Hall–Kier alpha value is -5.10. The zero-order valence-electron chi connectivity index (χ0n) is 25.7. The second kappa shape index (κ2) is 14.3. The number of benzene rings is 3. The molecule has 11 nitrogen and oxygen atoms in total. The van der Waals surface area contributed by atoms with Gasteiger partial charge in [-0.05, 0) is 49.9 Å². The van der Waals surface area contributed by atoms with Crippen LogP contribution in [0, 0.1) is 11.2 Å². The van der Waals surface area contributed by atoms with E-state index >= 15 is 0 Å². The van der Waals surface area contributed by atoms with Crippen LogP contribution in [0.25, 0.3) is 34.0 Å². The monoisotopic (exact) mass is 631 g/mol. The first-order valence-corrected chi connectivity index (χ1v) is 14.8. The van der Waals surface area contributed by atoms with Crippen LogP contribution in [0.3, 0.4) is 0 Å². The lowest BCUT2D eigenvalue weighted by Gasteiger charge is -2.37. The van der Waals surface area contributed by atoms with E-state index in [0.29, 0.717) is 36.6 Å². The highest BCUT2D eigenvalue weighted by Gasteiger charge is 2.50. The van der Waals surface area contributed by atoms with Gasteiger partial charge < -0.3 is 23.5 Å². The number of aromatic nitrogens is 2. The molecular formula is C34H34FN3O8. The van der Waals surface area contributed by atoms with Gasteiger partial charge in [-0.3, -0.25) is 14.5 Å². The molecule has 46 heavy (non-hydrogen) atoms. The summed E-state index contributed by atoms with van der Waals surface area (Å²) in [6, 6.07) is 21.7. The molecule has 3 aromatic carbocycles. The zero-order chi connectivity index (χ0) is 32.7. The highest BCUT2D eigenvalue weighted by atomic mass is 19.1. The second-order valence-corrected chi connectivity index (χ2v) is 11.1. The Balaban J connectivity index is 1.17.